The number of β-amino-alcohol motifs (C(OH)–C–C–N with tert-alkyl or cyclic N) is 1. The molecule has 0 amide bonds. The highest BCUT2D eigenvalue weighted by molar-refractivity contribution is 4.71. The van der Waals surface area contributed by atoms with Crippen LogP contribution in [0.15, 0.2) is 0 Å². The predicted molar refractivity (Wildman–Crippen MR) is 45.7 cm³/mol. The van der Waals surface area contributed by atoms with Crippen LogP contribution in [0.1, 0.15) is 6.92 Å². The smallest absolute Gasteiger partial charge is 0.150 e. The molecule has 1 aliphatic rings. The van der Waals surface area contributed by atoms with Gasteiger partial charge in [0.1, 0.15) is 0 Å². The van der Waals surface area contributed by atoms with E-state index in [0.717, 1.165) is 26.2 Å². The summed E-state index contributed by atoms with van der Waals surface area (Å²) in [6, 6.07) is 0. The van der Waals surface area contributed by atoms with Crippen LogP contribution in [0.3, 0.4) is 0 Å². The lowest BCUT2D eigenvalue weighted by atomic mass is 10.3. The molecule has 12 heavy (non-hydrogen) atoms. The number of nitrogens with zero attached hydrogens (tertiary/aromatic N) is 2. The third kappa shape index (κ3) is 2.69. The van der Waals surface area contributed by atoms with Crippen LogP contribution in [0.5, 0.6) is 0 Å². The summed E-state index contributed by atoms with van der Waals surface area (Å²) >= 11 is 0. The SMILES string of the molecule is CC(F)N1CCN(CCO)CC1. The molecule has 0 aromatic heterocycles. The van der Waals surface area contributed by atoms with Crippen molar-refractivity contribution in [2.24, 2.45) is 0 Å². The number of aliphatic hydroxyl groups is 1. The van der Waals surface area contributed by atoms with E-state index >= 15 is 0 Å². The summed E-state index contributed by atoms with van der Waals surface area (Å²) in [6.07, 6.45) is -0.832. The zero-order valence-electron chi connectivity index (χ0n) is 7.54. The second kappa shape index (κ2) is 4.74. The highest BCUT2D eigenvalue weighted by atomic mass is 19.1. The summed E-state index contributed by atoms with van der Waals surface area (Å²) < 4.78 is 12.8. The normalized spacial score (nSPS) is 24.2. The number of rotatable bonds is 3. The molecule has 72 valence electrons. The van der Waals surface area contributed by atoms with Gasteiger partial charge in [0.25, 0.3) is 0 Å². The molecule has 0 bridgehead atoms. The Morgan fingerprint density at radius 3 is 2.33 bits per heavy atom. The Bertz CT molecular complexity index is 124. The minimum absolute atomic E-state index is 0.200. The van der Waals surface area contributed by atoms with Gasteiger partial charge in [-0.15, -0.1) is 0 Å². The Balaban J connectivity index is 2.20. The minimum Gasteiger partial charge on any atom is -0.395 e. The standard InChI is InChI=1S/C8H17FN2O/c1-8(9)11-4-2-10(3-5-11)6-7-12/h8,12H,2-7H2,1H3. The number of hydrogen-bond acceptors (Lipinski definition) is 3. The Labute approximate surface area is 72.8 Å². The lowest BCUT2D eigenvalue weighted by molar-refractivity contribution is 0.0373. The van der Waals surface area contributed by atoms with Crippen LogP contribution in [-0.2, 0) is 0 Å². The van der Waals surface area contributed by atoms with E-state index in [4.69, 9.17) is 5.11 Å². The Morgan fingerprint density at radius 2 is 1.92 bits per heavy atom. The van der Waals surface area contributed by atoms with Crippen molar-refractivity contribution >= 4 is 0 Å². The molecule has 0 aromatic carbocycles. The monoisotopic (exact) mass is 176 g/mol. The van der Waals surface area contributed by atoms with Crippen LogP contribution < -0.4 is 0 Å². The van der Waals surface area contributed by atoms with E-state index in [1.54, 1.807) is 6.92 Å². The van der Waals surface area contributed by atoms with Gasteiger partial charge in [-0.25, -0.2) is 4.39 Å². The van der Waals surface area contributed by atoms with E-state index in [-0.39, 0.29) is 6.61 Å². The zero-order valence-corrected chi connectivity index (χ0v) is 7.54. The van der Waals surface area contributed by atoms with Gasteiger partial charge in [-0.2, -0.15) is 0 Å². The predicted octanol–water partition coefficient (Wildman–Crippen LogP) is -0.0882. The number of halogens is 1. The van der Waals surface area contributed by atoms with Gasteiger partial charge in [-0.3, -0.25) is 9.80 Å². The maximum Gasteiger partial charge on any atom is 0.150 e. The molecule has 3 nitrogen and oxygen atoms in total. The topological polar surface area (TPSA) is 26.7 Å². The average molecular weight is 176 g/mol. The maximum atomic E-state index is 12.8. The first-order chi connectivity index (χ1) is 5.74. The van der Waals surface area contributed by atoms with Crippen molar-refractivity contribution < 1.29 is 9.50 Å². The fraction of sp³-hybridized carbons (Fsp3) is 1.00. The Morgan fingerprint density at radius 1 is 1.33 bits per heavy atom. The summed E-state index contributed by atoms with van der Waals surface area (Å²) in [7, 11) is 0. The molecular weight excluding hydrogens is 159 g/mol. The molecular formula is C8H17FN2O. The third-order valence-electron chi connectivity index (χ3n) is 2.33. The molecule has 0 aromatic rings. The molecule has 0 saturated carbocycles. The molecule has 1 aliphatic heterocycles. The van der Waals surface area contributed by atoms with Gasteiger partial charge in [-0.05, 0) is 6.92 Å². The molecule has 1 saturated heterocycles. The van der Waals surface area contributed by atoms with Crippen LogP contribution in [0.25, 0.3) is 0 Å². The first-order valence-electron chi connectivity index (χ1n) is 4.45. The molecule has 1 rings (SSSR count). The largest absolute Gasteiger partial charge is 0.395 e. The number of piperazine rings is 1. The molecule has 1 atom stereocenters. The first kappa shape index (κ1) is 9.89. The second-order valence-electron chi connectivity index (χ2n) is 3.18. The minimum atomic E-state index is -0.832. The van der Waals surface area contributed by atoms with Gasteiger partial charge in [-0.1, -0.05) is 0 Å². The first-order valence-corrected chi connectivity index (χ1v) is 4.45. The fourth-order valence-electron chi connectivity index (χ4n) is 1.48. The quantitative estimate of drug-likeness (QED) is 0.609. The summed E-state index contributed by atoms with van der Waals surface area (Å²) in [5.41, 5.74) is 0. The van der Waals surface area contributed by atoms with Gasteiger partial charge in [0.2, 0.25) is 0 Å². The van der Waals surface area contributed by atoms with Gasteiger partial charge in [0.15, 0.2) is 6.30 Å². The van der Waals surface area contributed by atoms with Gasteiger partial charge in [0.05, 0.1) is 6.61 Å². The van der Waals surface area contributed by atoms with Crippen molar-refractivity contribution in [2.45, 2.75) is 13.2 Å². The second-order valence-corrected chi connectivity index (χ2v) is 3.18. The van der Waals surface area contributed by atoms with E-state index in [1.807, 2.05) is 4.90 Å². The van der Waals surface area contributed by atoms with Crippen molar-refractivity contribution in [2.75, 3.05) is 39.3 Å². The van der Waals surface area contributed by atoms with Gasteiger partial charge in [0, 0.05) is 32.7 Å². The van der Waals surface area contributed by atoms with Crippen molar-refractivity contribution in [1.29, 1.82) is 0 Å². The maximum absolute atomic E-state index is 12.8. The molecule has 1 N–H and O–H groups in total. The van der Waals surface area contributed by atoms with Crippen molar-refractivity contribution in [3.63, 3.8) is 0 Å². The van der Waals surface area contributed by atoms with Gasteiger partial charge < -0.3 is 5.11 Å². The van der Waals surface area contributed by atoms with Crippen LogP contribution >= 0.6 is 0 Å². The fourth-order valence-corrected chi connectivity index (χ4v) is 1.48. The molecule has 0 radical (unpaired) electrons. The summed E-state index contributed by atoms with van der Waals surface area (Å²) in [5.74, 6) is 0. The van der Waals surface area contributed by atoms with Crippen molar-refractivity contribution in [3.8, 4) is 0 Å². The van der Waals surface area contributed by atoms with Crippen LogP contribution in [0.2, 0.25) is 0 Å². The molecule has 1 unspecified atom stereocenters. The molecule has 4 heteroatoms. The average Bonchev–Trinajstić information content (AvgIpc) is 2.06. The highest BCUT2D eigenvalue weighted by Gasteiger charge is 2.19. The van der Waals surface area contributed by atoms with E-state index < -0.39 is 6.30 Å². The third-order valence-corrected chi connectivity index (χ3v) is 2.33. The Kier molecular flexibility index (Phi) is 3.91. The Hall–Kier alpha value is -0.190. The lowest BCUT2D eigenvalue weighted by Gasteiger charge is -2.34. The van der Waals surface area contributed by atoms with Crippen LogP contribution in [0.4, 0.5) is 4.39 Å². The molecule has 0 aliphatic carbocycles. The van der Waals surface area contributed by atoms with E-state index in [0.29, 0.717) is 6.54 Å². The number of alkyl halides is 1. The van der Waals surface area contributed by atoms with E-state index in [9.17, 15) is 4.39 Å². The number of hydrogen-bond donors (Lipinski definition) is 1. The van der Waals surface area contributed by atoms with E-state index in [1.165, 1.54) is 0 Å². The lowest BCUT2D eigenvalue weighted by Crippen LogP contribution is -2.49. The molecule has 0 spiro atoms. The van der Waals surface area contributed by atoms with Gasteiger partial charge >= 0.3 is 0 Å². The van der Waals surface area contributed by atoms with Crippen molar-refractivity contribution in [3.05, 3.63) is 0 Å². The number of aliphatic hydroxyl groups excluding tert-OH is 1. The van der Waals surface area contributed by atoms with Crippen LogP contribution in [0, 0.1) is 0 Å². The summed E-state index contributed by atoms with van der Waals surface area (Å²) in [5, 5.41) is 8.66. The zero-order chi connectivity index (χ0) is 8.97. The highest BCUT2D eigenvalue weighted by Crippen LogP contribution is 2.05. The molecule has 1 heterocycles. The van der Waals surface area contributed by atoms with E-state index in [2.05, 4.69) is 4.90 Å². The van der Waals surface area contributed by atoms with Crippen molar-refractivity contribution in [1.82, 2.24) is 9.80 Å². The molecule has 1 fully saturated rings. The van der Waals surface area contributed by atoms with Crippen LogP contribution in [-0.4, -0.2) is 60.5 Å². The summed E-state index contributed by atoms with van der Waals surface area (Å²) in [6.45, 7) is 5.78. The summed E-state index contributed by atoms with van der Waals surface area (Å²) in [4.78, 5) is 3.97.